The smallest absolute Gasteiger partial charge is 0.273 e. The highest BCUT2D eigenvalue weighted by Crippen LogP contribution is 2.39. The second-order valence-electron chi connectivity index (χ2n) is 12.3. The normalized spacial score (nSPS) is 22.0. The van der Waals surface area contributed by atoms with Crippen LogP contribution in [0.3, 0.4) is 0 Å². The van der Waals surface area contributed by atoms with Crippen molar-refractivity contribution in [1.82, 2.24) is 4.98 Å². The van der Waals surface area contributed by atoms with E-state index in [2.05, 4.69) is 59.3 Å². The summed E-state index contributed by atoms with van der Waals surface area (Å²) >= 11 is 1.52. The summed E-state index contributed by atoms with van der Waals surface area (Å²) in [6, 6.07) is 15.0. The molecule has 2 saturated carbocycles. The monoisotopic (exact) mass is 620 g/mol. The minimum absolute atomic E-state index is 0.0274. The number of aryl methyl sites for hydroxylation is 1. The van der Waals surface area contributed by atoms with Crippen molar-refractivity contribution in [2.45, 2.75) is 76.7 Å². The van der Waals surface area contributed by atoms with Crippen LogP contribution in [0.15, 0.2) is 48.7 Å². The zero-order chi connectivity index (χ0) is 30.9. The minimum atomic E-state index is 0.0274. The van der Waals surface area contributed by atoms with Crippen molar-refractivity contribution in [2.75, 3.05) is 46.0 Å². The number of aromatic nitrogens is 1. The summed E-state index contributed by atoms with van der Waals surface area (Å²) in [4.78, 5) is 21.8. The van der Waals surface area contributed by atoms with Crippen LogP contribution in [-0.4, -0.2) is 58.1 Å². The van der Waals surface area contributed by atoms with Crippen molar-refractivity contribution in [3.63, 3.8) is 0 Å². The molecule has 0 N–H and O–H groups in total. The average molecular weight is 621 g/mol. The van der Waals surface area contributed by atoms with Gasteiger partial charge in [0, 0.05) is 44.7 Å². The minimum Gasteiger partial charge on any atom is -0.496 e. The molecule has 0 radical (unpaired) electrons. The Morgan fingerprint density at radius 2 is 1.73 bits per heavy atom. The molecule has 2 aromatic carbocycles. The Morgan fingerprint density at radius 1 is 0.932 bits per heavy atom. The third-order valence-corrected chi connectivity index (χ3v) is 10.4. The maximum Gasteiger partial charge on any atom is 0.273 e. The van der Waals surface area contributed by atoms with Crippen molar-refractivity contribution in [1.29, 1.82) is 0 Å². The number of hydrogen-bond donors (Lipinski definition) is 0. The zero-order valence-corrected chi connectivity index (χ0v) is 27.6. The summed E-state index contributed by atoms with van der Waals surface area (Å²) in [6.45, 7) is 4.32. The van der Waals surface area contributed by atoms with E-state index < -0.39 is 0 Å². The van der Waals surface area contributed by atoms with E-state index in [-0.39, 0.29) is 17.9 Å². The van der Waals surface area contributed by atoms with Crippen molar-refractivity contribution in [3.05, 3.63) is 59.8 Å². The highest BCUT2D eigenvalue weighted by molar-refractivity contribution is 7.16. The third kappa shape index (κ3) is 8.20. The molecule has 0 unspecified atom stereocenters. The number of methoxy groups -OCH3 is 3. The van der Waals surface area contributed by atoms with Gasteiger partial charge in [-0.2, -0.15) is 0 Å². The number of anilines is 1. The second kappa shape index (κ2) is 15.9. The van der Waals surface area contributed by atoms with Crippen molar-refractivity contribution < 1.29 is 23.7 Å². The van der Waals surface area contributed by atoms with E-state index in [1.165, 1.54) is 22.5 Å². The van der Waals surface area contributed by atoms with Crippen LogP contribution in [0.1, 0.15) is 74.8 Å². The summed E-state index contributed by atoms with van der Waals surface area (Å²) in [5.74, 6) is 2.27. The molecule has 0 spiro atoms. The molecule has 238 valence electrons. The van der Waals surface area contributed by atoms with E-state index in [1.807, 2.05) is 6.20 Å². The van der Waals surface area contributed by atoms with Gasteiger partial charge in [0.15, 0.2) is 0 Å². The lowest BCUT2D eigenvalue weighted by Gasteiger charge is -2.36. The molecule has 0 aliphatic heterocycles. The number of benzene rings is 2. The van der Waals surface area contributed by atoms with Crippen LogP contribution in [-0.2, 0) is 14.3 Å². The van der Waals surface area contributed by atoms with Crippen molar-refractivity contribution in [2.24, 2.45) is 11.8 Å². The first-order valence-electron chi connectivity index (χ1n) is 16.2. The van der Waals surface area contributed by atoms with Crippen LogP contribution >= 0.6 is 11.3 Å². The van der Waals surface area contributed by atoms with E-state index in [4.69, 9.17) is 18.9 Å². The van der Waals surface area contributed by atoms with Crippen LogP contribution in [0, 0.1) is 18.8 Å². The number of hydrogen-bond acceptors (Lipinski definition) is 7. The van der Waals surface area contributed by atoms with E-state index in [0.29, 0.717) is 17.0 Å². The first-order valence-corrected chi connectivity index (χ1v) is 17.0. The van der Waals surface area contributed by atoms with Gasteiger partial charge < -0.3 is 23.8 Å². The van der Waals surface area contributed by atoms with E-state index in [1.54, 1.807) is 21.3 Å². The van der Waals surface area contributed by atoms with Gasteiger partial charge >= 0.3 is 0 Å². The number of thiazole rings is 1. The predicted octanol–water partition coefficient (Wildman–Crippen LogP) is 8.05. The Bertz CT molecular complexity index is 1340. The second-order valence-corrected chi connectivity index (χ2v) is 13.3. The topological polar surface area (TPSA) is 70.1 Å². The Morgan fingerprint density at radius 3 is 2.41 bits per heavy atom. The number of amides is 1. The molecule has 5 rings (SSSR count). The molecule has 0 bridgehead atoms. The quantitative estimate of drug-likeness (QED) is 0.180. The van der Waals surface area contributed by atoms with Gasteiger partial charge in [0.25, 0.3) is 5.19 Å². The maximum atomic E-state index is 14.3. The van der Waals surface area contributed by atoms with Crippen LogP contribution in [0.25, 0.3) is 10.4 Å². The van der Waals surface area contributed by atoms with Crippen molar-refractivity contribution in [3.8, 4) is 21.4 Å². The number of nitrogens with zero attached hydrogens (tertiary/aromatic N) is 2. The highest BCUT2D eigenvalue weighted by Gasteiger charge is 2.33. The molecule has 1 heterocycles. The molecule has 1 aromatic heterocycles. The maximum absolute atomic E-state index is 14.3. The summed E-state index contributed by atoms with van der Waals surface area (Å²) < 4.78 is 22.1. The first kappa shape index (κ1) is 32.5. The van der Waals surface area contributed by atoms with Crippen LogP contribution in [0.5, 0.6) is 10.9 Å². The highest BCUT2D eigenvalue weighted by atomic mass is 32.1. The van der Waals surface area contributed by atoms with Crippen LogP contribution in [0.2, 0.25) is 0 Å². The van der Waals surface area contributed by atoms with Gasteiger partial charge in [-0.25, -0.2) is 4.98 Å². The largest absolute Gasteiger partial charge is 0.496 e. The number of carbonyl (C=O) groups excluding carboxylic acids is 1. The van der Waals surface area contributed by atoms with Crippen LogP contribution in [0.4, 0.5) is 5.69 Å². The van der Waals surface area contributed by atoms with Gasteiger partial charge in [-0.15, -0.1) is 0 Å². The Balaban J connectivity index is 1.28. The average Bonchev–Trinajstić information content (AvgIpc) is 3.56. The summed E-state index contributed by atoms with van der Waals surface area (Å²) in [5.41, 5.74) is 4.64. The Kier molecular flexibility index (Phi) is 11.7. The molecular formula is C36H48N2O5S. The summed E-state index contributed by atoms with van der Waals surface area (Å²) in [5, 5.41) is 0.642. The first-order chi connectivity index (χ1) is 21.5. The predicted molar refractivity (Wildman–Crippen MR) is 177 cm³/mol. The SMILES string of the molecule is COCCCOC1CCC(C(=O)N(CC2CCC(c3ccc(OC)c(C)c3)CC2)c2cccc(-c3cnc(OC)s3)c2)CC1. The van der Waals surface area contributed by atoms with E-state index in [0.717, 1.165) is 99.4 Å². The van der Waals surface area contributed by atoms with Gasteiger partial charge in [0.05, 0.1) is 25.2 Å². The van der Waals surface area contributed by atoms with Crippen LogP contribution < -0.4 is 14.4 Å². The molecule has 1 amide bonds. The number of rotatable bonds is 13. The van der Waals surface area contributed by atoms with Gasteiger partial charge in [0.2, 0.25) is 5.91 Å². The third-order valence-electron chi connectivity index (χ3n) is 9.42. The van der Waals surface area contributed by atoms with Gasteiger partial charge in [0.1, 0.15) is 5.75 Å². The Labute approximate surface area is 266 Å². The van der Waals surface area contributed by atoms with Gasteiger partial charge in [-0.3, -0.25) is 4.79 Å². The van der Waals surface area contributed by atoms with Gasteiger partial charge in [-0.05, 0) is 111 Å². The lowest BCUT2D eigenvalue weighted by molar-refractivity contribution is -0.124. The molecular weight excluding hydrogens is 572 g/mol. The molecule has 2 aliphatic carbocycles. The molecule has 2 aliphatic rings. The summed E-state index contributed by atoms with van der Waals surface area (Å²) in [7, 11) is 5.09. The number of carbonyl (C=O) groups is 1. The molecule has 0 saturated heterocycles. The Hall–Kier alpha value is -2.94. The fourth-order valence-corrected chi connectivity index (χ4v) is 7.60. The molecule has 2 fully saturated rings. The fraction of sp³-hybridized carbons (Fsp3) is 0.556. The fourth-order valence-electron chi connectivity index (χ4n) is 6.88. The van der Waals surface area contributed by atoms with E-state index in [9.17, 15) is 4.79 Å². The molecule has 3 aromatic rings. The number of ether oxygens (including phenoxy) is 4. The summed E-state index contributed by atoms with van der Waals surface area (Å²) in [6.07, 6.45) is 11.1. The molecule has 8 heteroatoms. The lowest BCUT2D eigenvalue weighted by Crippen LogP contribution is -2.42. The van der Waals surface area contributed by atoms with Gasteiger partial charge in [-0.1, -0.05) is 35.6 Å². The van der Waals surface area contributed by atoms with Crippen molar-refractivity contribution >= 4 is 22.9 Å². The molecule has 44 heavy (non-hydrogen) atoms. The zero-order valence-electron chi connectivity index (χ0n) is 26.8. The lowest BCUT2D eigenvalue weighted by atomic mass is 9.78. The molecule has 0 atom stereocenters. The molecule has 7 nitrogen and oxygen atoms in total. The van der Waals surface area contributed by atoms with E-state index >= 15 is 0 Å². The standard InChI is InChI=1S/C36H48N2O5S/c1-25-21-29(15-18-33(25)41-3)27-11-9-26(10-12-27)24-38(31-8-5-7-30(22-31)34-23-37-36(42-4)44-34)35(39)28-13-16-32(17-14-28)43-20-6-19-40-2/h5,7-8,15,18,21-23,26-28,32H,6,9-14,16-17,19-20,24H2,1-4H3.